The number of carbonyl (C=O) groups excluding carboxylic acids is 1. The molecule has 0 fully saturated rings. The number of anilines is 1. The lowest BCUT2D eigenvalue weighted by molar-refractivity contribution is 0.102. The smallest absolute Gasteiger partial charge is 0.186 e. The van der Waals surface area contributed by atoms with E-state index in [1.54, 1.807) is 18.3 Å². The summed E-state index contributed by atoms with van der Waals surface area (Å²) in [6, 6.07) is 0. The zero-order chi connectivity index (χ0) is 13.5. The van der Waals surface area contributed by atoms with Crippen molar-refractivity contribution in [2.45, 2.75) is 53.4 Å². The molecule has 0 aliphatic rings. The van der Waals surface area contributed by atoms with Gasteiger partial charge in [0.2, 0.25) is 0 Å². The Morgan fingerprint density at radius 2 is 1.78 bits per heavy atom. The van der Waals surface area contributed by atoms with E-state index in [2.05, 4.69) is 23.7 Å². The van der Waals surface area contributed by atoms with Crippen LogP contribution in [0.3, 0.4) is 0 Å². The number of thiazole rings is 1. The minimum atomic E-state index is 0.127. The van der Waals surface area contributed by atoms with Crippen molar-refractivity contribution in [3.05, 3.63) is 10.6 Å². The van der Waals surface area contributed by atoms with Crippen molar-refractivity contribution in [1.82, 2.24) is 4.98 Å². The van der Waals surface area contributed by atoms with Crippen molar-refractivity contribution in [2.24, 2.45) is 0 Å². The summed E-state index contributed by atoms with van der Waals surface area (Å²) in [5.74, 6) is 0.127. The molecule has 4 heteroatoms. The number of rotatable bonds is 8. The van der Waals surface area contributed by atoms with Gasteiger partial charge in [0.1, 0.15) is 0 Å². The number of unbranched alkanes of at least 4 members (excludes halogenated alkanes) is 2. The zero-order valence-corrected chi connectivity index (χ0v) is 12.8. The predicted octanol–water partition coefficient (Wildman–Crippen LogP) is 4.06. The molecule has 0 atom stereocenters. The molecular weight excluding hydrogens is 244 g/mol. The van der Waals surface area contributed by atoms with Crippen LogP contribution in [0.1, 0.15) is 61.8 Å². The maximum absolute atomic E-state index is 11.5. The van der Waals surface area contributed by atoms with Crippen molar-refractivity contribution < 1.29 is 4.79 Å². The number of hydrogen-bond donors (Lipinski definition) is 0. The molecule has 1 aromatic rings. The maximum Gasteiger partial charge on any atom is 0.186 e. The molecule has 3 nitrogen and oxygen atoms in total. The number of Topliss-reactive ketones (excluding diaryl/α,β-unsaturated/α-hetero) is 1. The molecule has 0 aliphatic heterocycles. The molecule has 0 saturated heterocycles. The molecule has 1 rings (SSSR count). The van der Waals surface area contributed by atoms with Gasteiger partial charge in [0.15, 0.2) is 10.9 Å². The molecule has 0 radical (unpaired) electrons. The summed E-state index contributed by atoms with van der Waals surface area (Å²) >= 11 is 1.54. The lowest BCUT2D eigenvalue weighted by Crippen LogP contribution is -2.25. The van der Waals surface area contributed by atoms with Crippen molar-refractivity contribution in [3.63, 3.8) is 0 Å². The lowest BCUT2D eigenvalue weighted by atomic mass is 10.3. The highest BCUT2D eigenvalue weighted by atomic mass is 32.1. The average Bonchev–Trinajstić information content (AvgIpc) is 2.71. The lowest BCUT2D eigenvalue weighted by Gasteiger charge is -2.21. The van der Waals surface area contributed by atoms with Crippen molar-refractivity contribution in [3.8, 4) is 0 Å². The summed E-state index contributed by atoms with van der Waals surface area (Å²) in [6.45, 7) is 10.0. The molecule has 0 aromatic carbocycles. The zero-order valence-electron chi connectivity index (χ0n) is 12.0. The van der Waals surface area contributed by atoms with E-state index >= 15 is 0 Å². The Balaban J connectivity index is 2.83. The van der Waals surface area contributed by atoms with Gasteiger partial charge in [0.25, 0.3) is 0 Å². The van der Waals surface area contributed by atoms with Gasteiger partial charge in [-0.1, -0.05) is 38.0 Å². The summed E-state index contributed by atoms with van der Waals surface area (Å²) in [7, 11) is 0. The number of nitrogens with zero attached hydrogens (tertiary/aromatic N) is 2. The molecule has 0 unspecified atom stereocenters. The summed E-state index contributed by atoms with van der Waals surface area (Å²) in [5, 5.41) is 1.01. The molecule has 0 N–H and O–H groups in total. The van der Waals surface area contributed by atoms with E-state index < -0.39 is 0 Å². The second-order valence-electron chi connectivity index (χ2n) is 4.66. The highest BCUT2D eigenvalue weighted by Crippen LogP contribution is 2.27. The van der Waals surface area contributed by atoms with Crippen molar-refractivity contribution in [2.75, 3.05) is 18.0 Å². The number of hydrogen-bond acceptors (Lipinski definition) is 4. The molecule has 18 heavy (non-hydrogen) atoms. The van der Waals surface area contributed by atoms with E-state index in [9.17, 15) is 4.79 Å². The van der Waals surface area contributed by atoms with E-state index in [1.807, 2.05) is 6.92 Å². The van der Waals surface area contributed by atoms with Crippen LogP contribution in [0, 0.1) is 6.92 Å². The standard InChI is InChI=1S/C14H24N2OS/c1-5-7-9-16(10-8-6-2)14-15-11(3)13(18-14)12(4)17/h5-10H2,1-4H3. The number of aryl methyl sites for hydroxylation is 1. The Kier molecular flexibility index (Phi) is 6.33. The molecule has 1 aromatic heterocycles. The second-order valence-corrected chi connectivity index (χ2v) is 5.64. The fourth-order valence-electron chi connectivity index (χ4n) is 1.85. The van der Waals surface area contributed by atoms with Crippen LogP contribution in [0.15, 0.2) is 0 Å². The highest BCUT2D eigenvalue weighted by Gasteiger charge is 2.15. The fourth-order valence-corrected chi connectivity index (χ4v) is 2.86. The van der Waals surface area contributed by atoms with Gasteiger partial charge in [-0.15, -0.1) is 0 Å². The van der Waals surface area contributed by atoms with Crippen LogP contribution in [0.25, 0.3) is 0 Å². The topological polar surface area (TPSA) is 33.2 Å². The maximum atomic E-state index is 11.5. The Hall–Kier alpha value is -0.900. The van der Waals surface area contributed by atoms with E-state index in [1.165, 1.54) is 25.7 Å². The first-order valence-electron chi connectivity index (χ1n) is 6.83. The number of aromatic nitrogens is 1. The second kappa shape index (κ2) is 7.52. The van der Waals surface area contributed by atoms with Gasteiger partial charge < -0.3 is 4.90 Å². The number of carbonyl (C=O) groups is 1. The molecule has 0 bridgehead atoms. The van der Waals surface area contributed by atoms with Crippen LogP contribution < -0.4 is 4.90 Å². The first kappa shape index (κ1) is 15.2. The third-order valence-electron chi connectivity index (χ3n) is 2.94. The Labute approximate surface area is 114 Å². The van der Waals surface area contributed by atoms with Gasteiger partial charge in [-0.25, -0.2) is 4.98 Å². The first-order valence-corrected chi connectivity index (χ1v) is 7.65. The Morgan fingerprint density at radius 1 is 1.22 bits per heavy atom. The third kappa shape index (κ3) is 4.09. The van der Waals surface area contributed by atoms with Crippen LogP contribution in [-0.4, -0.2) is 23.9 Å². The predicted molar refractivity (Wildman–Crippen MR) is 78.9 cm³/mol. The summed E-state index contributed by atoms with van der Waals surface area (Å²) in [4.78, 5) is 19.2. The molecular formula is C14H24N2OS. The normalized spacial score (nSPS) is 10.7. The van der Waals surface area contributed by atoms with Crippen LogP contribution in [-0.2, 0) is 0 Å². The largest absolute Gasteiger partial charge is 0.348 e. The molecule has 0 aliphatic carbocycles. The van der Waals surface area contributed by atoms with Crippen LogP contribution in [0.5, 0.6) is 0 Å². The Bertz CT molecular complexity index is 379. The number of ketones is 1. The molecule has 0 amide bonds. The van der Waals surface area contributed by atoms with Gasteiger partial charge in [0.05, 0.1) is 10.6 Å². The molecule has 102 valence electrons. The molecule has 0 saturated carbocycles. The van der Waals surface area contributed by atoms with Crippen LogP contribution in [0.2, 0.25) is 0 Å². The van der Waals surface area contributed by atoms with Gasteiger partial charge in [-0.3, -0.25) is 4.79 Å². The third-order valence-corrected chi connectivity index (χ3v) is 4.26. The highest BCUT2D eigenvalue weighted by molar-refractivity contribution is 7.17. The average molecular weight is 268 g/mol. The molecule has 1 heterocycles. The monoisotopic (exact) mass is 268 g/mol. The van der Waals surface area contributed by atoms with Crippen LogP contribution >= 0.6 is 11.3 Å². The Morgan fingerprint density at radius 3 is 2.17 bits per heavy atom. The first-order chi connectivity index (χ1) is 8.60. The van der Waals surface area contributed by atoms with Gasteiger partial charge in [-0.05, 0) is 19.8 Å². The van der Waals surface area contributed by atoms with Crippen LogP contribution in [0.4, 0.5) is 5.13 Å². The molecule has 0 spiro atoms. The summed E-state index contributed by atoms with van der Waals surface area (Å²) in [5.41, 5.74) is 0.875. The van der Waals surface area contributed by atoms with E-state index in [0.717, 1.165) is 28.8 Å². The van der Waals surface area contributed by atoms with Gasteiger partial charge in [0, 0.05) is 20.0 Å². The van der Waals surface area contributed by atoms with E-state index in [0.29, 0.717) is 0 Å². The van der Waals surface area contributed by atoms with Gasteiger partial charge in [-0.2, -0.15) is 0 Å². The van der Waals surface area contributed by atoms with E-state index in [4.69, 9.17) is 0 Å². The van der Waals surface area contributed by atoms with Gasteiger partial charge >= 0.3 is 0 Å². The van der Waals surface area contributed by atoms with E-state index in [-0.39, 0.29) is 5.78 Å². The van der Waals surface area contributed by atoms with Crippen molar-refractivity contribution in [1.29, 1.82) is 0 Å². The van der Waals surface area contributed by atoms with Crippen molar-refractivity contribution >= 4 is 22.3 Å². The summed E-state index contributed by atoms with van der Waals surface area (Å²) < 4.78 is 0. The minimum absolute atomic E-state index is 0.127. The minimum Gasteiger partial charge on any atom is -0.348 e. The summed E-state index contributed by atoms with van der Waals surface area (Å²) in [6.07, 6.45) is 4.73. The quantitative estimate of drug-likeness (QED) is 0.667. The fraction of sp³-hybridized carbons (Fsp3) is 0.714. The SMILES string of the molecule is CCCCN(CCCC)c1nc(C)c(C(C)=O)s1.